The highest BCUT2D eigenvalue weighted by atomic mass is 35.5. The highest BCUT2D eigenvalue weighted by Gasteiger charge is 2.48. The lowest BCUT2D eigenvalue weighted by molar-refractivity contribution is -0.132. The summed E-state index contributed by atoms with van der Waals surface area (Å²) in [6.07, 6.45) is 2.21. The molecule has 1 heterocycles. The van der Waals surface area contributed by atoms with Crippen molar-refractivity contribution >= 4 is 46.3 Å². The smallest absolute Gasteiger partial charge is 0.300 e. The van der Waals surface area contributed by atoms with E-state index in [9.17, 15) is 14.7 Å². The van der Waals surface area contributed by atoms with Gasteiger partial charge in [-0.1, -0.05) is 65.7 Å². The van der Waals surface area contributed by atoms with Gasteiger partial charge in [0.1, 0.15) is 11.5 Å². The molecule has 0 aromatic heterocycles. The molecule has 2 aliphatic rings. The molecule has 0 spiro atoms. The molecule has 2 fully saturated rings. The summed E-state index contributed by atoms with van der Waals surface area (Å²) >= 11 is 12.4. The second kappa shape index (κ2) is 9.16. The number of ketones is 1. The summed E-state index contributed by atoms with van der Waals surface area (Å²) in [6, 6.07) is 19.6. The zero-order chi connectivity index (χ0) is 23.8. The number of anilines is 1. The van der Waals surface area contributed by atoms with Gasteiger partial charge >= 0.3 is 0 Å². The van der Waals surface area contributed by atoms with Crippen LogP contribution in [-0.2, 0) is 9.59 Å². The molecule has 5 rings (SSSR count). The molecule has 7 heteroatoms. The van der Waals surface area contributed by atoms with E-state index in [1.807, 2.05) is 6.07 Å². The average molecular weight is 494 g/mol. The molecule has 1 saturated carbocycles. The van der Waals surface area contributed by atoms with Crippen LogP contribution in [0.2, 0.25) is 10.0 Å². The van der Waals surface area contributed by atoms with Gasteiger partial charge in [-0.2, -0.15) is 0 Å². The monoisotopic (exact) mass is 493 g/mol. The van der Waals surface area contributed by atoms with Crippen LogP contribution in [0, 0.1) is 5.92 Å². The van der Waals surface area contributed by atoms with Gasteiger partial charge < -0.3 is 9.84 Å². The summed E-state index contributed by atoms with van der Waals surface area (Å²) in [5, 5.41) is 12.1. The molecule has 1 saturated heterocycles. The first-order valence-electron chi connectivity index (χ1n) is 11.0. The first-order valence-corrected chi connectivity index (χ1v) is 11.7. The van der Waals surface area contributed by atoms with Crippen LogP contribution in [0.5, 0.6) is 5.75 Å². The Kier molecular flexibility index (Phi) is 6.07. The number of Topliss-reactive ketones (excluding diaryl/α,β-unsaturated/α-hetero) is 1. The number of hydrogen-bond acceptors (Lipinski definition) is 4. The van der Waals surface area contributed by atoms with E-state index in [-0.39, 0.29) is 11.3 Å². The number of nitrogens with zero attached hydrogens (tertiary/aromatic N) is 1. The molecule has 1 N–H and O–H groups in total. The van der Waals surface area contributed by atoms with Crippen LogP contribution in [0.4, 0.5) is 5.69 Å². The Bertz CT molecular complexity index is 1280. The van der Waals surface area contributed by atoms with E-state index in [0.29, 0.717) is 45.1 Å². The third-order valence-electron chi connectivity index (χ3n) is 6.03. The van der Waals surface area contributed by atoms with E-state index in [2.05, 4.69) is 0 Å². The number of carbonyl (C=O) groups is 2. The van der Waals surface area contributed by atoms with Crippen molar-refractivity contribution in [3.8, 4) is 5.75 Å². The van der Waals surface area contributed by atoms with Crippen LogP contribution in [-0.4, -0.2) is 23.4 Å². The molecule has 172 valence electrons. The summed E-state index contributed by atoms with van der Waals surface area (Å²) in [6.45, 7) is 0.522. The molecule has 1 amide bonds. The van der Waals surface area contributed by atoms with Gasteiger partial charge in [0.15, 0.2) is 0 Å². The molecule has 1 atom stereocenters. The summed E-state index contributed by atoms with van der Waals surface area (Å²) in [5.74, 6) is -0.852. The third kappa shape index (κ3) is 4.29. The minimum Gasteiger partial charge on any atom is -0.507 e. The number of rotatable bonds is 6. The molecule has 1 aliphatic heterocycles. The van der Waals surface area contributed by atoms with E-state index in [0.717, 1.165) is 12.8 Å². The second-order valence-electron chi connectivity index (χ2n) is 8.45. The SMILES string of the molecule is O=C1C(=O)N(c2cc(Cl)ccc2OCC2CC2)C(c2ccc(Cl)cc2)C1=C(O)c1ccccc1. The van der Waals surface area contributed by atoms with Crippen molar-refractivity contribution < 1.29 is 19.4 Å². The maximum Gasteiger partial charge on any atom is 0.300 e. The number of hydrogen-bond donors (Lipinski definition) is 1. The Morgan fingerprint density at radius 3 is 2.29 bits per heavy atom. The van der Waals surface area contributed by atoms with Crippen LogP contribution in [0.3, 0.4) is 0 Å². The van der Waals surface area contributed by atoms with Crippen LogP contribution >= 0.6 is 23.2 Å². The highest BCUT2D eigenvalue weighted by molar-refractivity contribution is 6.52. The third-order valence-corrected chi connectivity index (χ3v) is 6.52. The molecule has 1 unspecified atom stereocenters. The predicted molar refractivity (Wildman–Crippen MR) is 132 cm³/mol. The van der Waals surface area contributed by atoms with Crippen molar-refractivity contribution in [2.24, 2.45) is 5.92 Å². The Balaban J connectivity index is 1.69. The minimum absolute atomic E-state index is 0.00774. The summed E-state index contributed by atoms with van der Waals surface area (Å²) in [7, 11) is 0. The predicted octanol–water partition coefficient (Wildman–Crippen LogP) is 6.41. The van der Waals surface area contributed by atoms with Gasteiger partial charge in [0.25, 0.3) is 11.7 Å². The molecular formula is C27H21Cl2NO4. The van der Waals surface area contributed by atoms with Gasteiger partial charge in [-0.05, 0) is 54.7 Å². The zero-order valence-corrected chi connectivity index (χ0v) is 19.6. The minimum atomic E-state index is -0.890. The lowest BCUT2D eigenvalue weighted by atomic mass is 9.95. The molecule has 0 bridgehead atoms. The highest BCUT2D eigenvalue weighted by Crippen LogP contribution is 2.46. The lowest BCUT2D eigenvalue weighted by Gasteiger charge is -2.27. The standard InChI is InChI=1S/C27H21Cl2NO4/c28-19-10-8-17(9-11-19)24-23(25(31)18-4-2-1-3-5-18)26(32)27(33)30(24)21-14-20(29)12-13-22(21)34-15-16-6-7-16/h1-5,8-14,16,24,31H,6-7,15H2. The number of ether oxygens (including phenoxy) is 1. The molecule has 34 heavy (non-hydrogen) atoms. The Morgan fingerprint density at radius 2 is 1.62 bits per heavy atom. The van der Waals surface area contributed by atoms with Gasteiger partial charge in [0, 0.05) is 15.6 Å². The van der Waals surface area contributed by atoms with E-state index in [4.69, 9.17) is 27.9 Å². The molecule has 5 nitrogen and oxygen atoms in total. The van der Waals surface area contributed by atoms with Gasteiger partial charge in [-0.3, -0.25) is 14.5 Å². The Morgan fingerprint density at radius 1 is 0.941 bits per heavy atom. The summed E-state index contributed by atoms with van der Waals surface area (Å²) in [5.41, 5.74) is 1.43. The van der Waals surface area contributed by atoms with Crippen LogP contribution in [0.15, 0.2) is 78.4 Å². The maximum absolute atomic E-state index is 13.4. The largest absolute Gasteiger partial charge is 0.507 e. The molecular weight excluding hydrogens is 473 g/mol. The molecule has 3 aromatic carbocycles. The van der Waals surface area contributed by atoms with Crippen molar-refractivity contribution in [2.75, 3.05) is 11.5 Å². The fraction of sp³-hybridized carbons (Fsp3) is 0.185. The summed E-state index contributed by atoms with van der Waals surface area (Å²) < 4.78 is 6.03. The number of aliphatic hydroxyl groups excluding tert-OH is 1. The van der Waals surface area contributed by atoms with Crippen molar-refractivity contribution in [1.29, 1.82) is 0 Å². The topological polar surface area (TPSA) is 66.8 Å². The first kappa shape index (κ1) is 22.5. The lowest BCUT2D eigenvalue weighted by Crippen LogP contribution is -2.30. The summed E-state index contributed by atoms with van der Waals surface area (Å²) in [4.78, 5) is 28.1. The van der Waals surface area contributed by atoms with E-state index >= 15 is 0 Å². The van der Waals surface area contributed by atoms with Crippen molar-refractivity contribution in [2.45, 2.75) is 18.9 Å². The fourth-order valence-corrected chi connectivity index (χ4v) is 4.38. The van der Waals surface area contributed by atoms with Crippen LogP contribution in [0.1, 0.15) is 30.0 Å². The fourth-order valence-electron chi connectivity index (χ4n) is 4.09. The normalized spacial score (nSPS) is 19.5. The van der Waals surface area contributed by atoms with Crippen molar-refractivity contribution in [1.82, 2.24) is 0 Å². The van der Waals surface area contributed by atoms with Gasteiger partial charge in [0.2, 0.25) is 0 Å². The van der Waals surface area contributed by atoms with Gasteiger partial charge in [0.05, 0.1) is 23.9 Å². The van der Waals surface area contributed by atoms with E-state index in [1.165, 1.54) is 4.90 Å². The number of amides is 1. The Labute approximate surface area is 207 Å². The molecule has 3 aromatic rings. The van der Waals surface area contributed by atoms with Crippen molar-refractivity contribution in [3.05, 3.63) is 99.5 Å². The maximum atomic E-state index is 13.4. The zero-order valence-electron chi connectivity index (χ0n) is 18.1. The van der Waals surface area contributed by atoms with Crippen molar-refractivity contribution in [3.63, 3.8) is 0 Å². The number of carbonyl (C=O) groups excluding carboxylic acids is 2. The number of aliphatic hydroxyl groups is 1. The van der Waals surface area contributed by atoms with Crippen LogP contribution in [0.25, 0.3) is 5.76 Å². The van der Waals surface area contributed by atoms with E-state index < -0.39 is 17.7 Å². The van der Waals surface area contributed by atoms with Gasteiger partial charge in [-0.25, -0.2) is 0 Å². The first-order chi connectivity index (χ1) is 16.4. The van der Waals surface area contributed by atoms with E-state index in [1.54, 1.807) is 66.7 Å². The number of benzene rings is 3. The van der Waals surface area contributed by atoms with Crippen LogP contribution < -0.4 is 9.64 Å². The molecule has 0 radical (unpaired) electrons. The second-order valence-corrected chi connectivity index (χ2v) is 9.33. The quantitative estimate of drug-likeness (QED) is 0.244. The Hall–Kier alpha value is -3.28. The number of halogens is 2. The molecule has 1 aliphatic carbocycles. The average Bonchev–Trinajstić information content (AvgIpc) is 3.64. The van der Waals surface area contributed by atoms with Gasteiger partial charge in [-0.15, -0.1) is 0 Å².